The molecule has 0 saturated heterocycles. The van der Waals surface area contributed by atoms with Crippen molar-refractivity contribution in [3.05, 3.63) is 35.9 Å². The normalized spacial score (nSPS) is 36.6. The Morgan fingerprint density at radius 2 is 1.84 bits per heavy atom. The van der Waals surface area contributed by atoms with Crippen molar-refractivity contribution in [2.75, 3.05) is 0 Å². The summed E-state index contributed by atoms with van der Waals surface area (Å²) in [4.78, 5) is 12.2. The lowest BCUT2D eigenvalue weighted by molar-refractivity contribution is 0.0957. The van der Waals surface area contributed by atoms with Crippen LogP contribution in [0.2, 0.25) is 0 Å². The third kappa shape index (κ3) is 2.35. The van der Waals surface area contributed by atoms with Crippen LogP contribution in [0.15, 0.2) is 30.3 Å². The van der Waals surface area contributed by atoms with Crippen LogP contribution in [0.1, 0.15) is 49.9 Å². The van der Waals surface area contributed by atoms with E-state index < -0.39 is 0 Å². The Labute approximate surface area is 116 Å². The predicted octanol–water partition coefficient (Wildman–Crippen LogP) is 4.58. The molecule has 2 fully saturated rings. The van der Waals surface area contributed by atoms with Gasteiger partial charge in [0, 0.05) is 12.0 Å². The Bertz CT molecular complexity index is 448. The highest BCUT2D eigenvalue weighted by Crippen LogP contribution is 2.56. The van der Waals surface area contributed by atoms with Crippen LogP contribution < -0.4 is 0 Å². The first kappa shape index (κ1) is 12.9. The summed E-state index contributed by atoms with van der Waals surface area (Å²) >= 11 is 0. The number of rotatable bonds is 4. The van der Waals surface area contributed by atoms with Crippen LogP contribution in [0.5, 0.6) is 0 Å². The molecule has 1 aromatic carbocycles. The summed E-state index contributed by atoms with van der Waals surface area (Å²) in [6, 6.07) is 9.75. The number of ketones is 1. The molecule has 2 bridgehead atoms. The van der Waals surface area contributed by atoms with E-state index in [0.29, 0.717) is 5.78 Å². The highest BCUT2D eigenvalue weighted by atomic mass is 16.1. The van der Waals surface area contributed by atoms with Gasteiger partial charge < -0.3 is 0 Å². The van der Waals surface area contributed by atoms with Crippen molar-refractivity contribution < 1.29 is 4.79 Å². The molecule has 1 aromatic rings. The lowest BCUT2D eigenvalue weighted by Crippen LogP contribution is -2.24. The van der Waals surface area contributed by atoms with E-state index in [0.717, 1.165) is 48.0 Å². The molecule has 0 spiro atoms. The second kappa shape index (κ2) is 5.11. The molecule has 0 radical (unpaired) electrons. The van der Waals surface area contributed by atoms with Crippen LogP contribution >= 0.6 is 0 Å². The van der Waals surface area contributed by atoms with Crippen molar-refractivity contribution in [3.63, 3.8) is 0 Å². The molecule has 0 aliphatic heterocycles. The van der Waals surface area contributed by atoms with Gasteiger partial charge >= 0.3 is 0 Å². The molecular weight excluding hydrogens is 232 g/mol. The summed E-state index contributed by atoms with van der Waals surface area (Å²) in [6.07, 6.45) is 4.63. The minimum Gasteiger partial charge on any atom is -0.294 e. The van der Waals surface area contributed by atoms with Gasteiger partial charge in [-0.25, -0.2) is 0 Å². The first-order valence-corrected chi connectivity index (χ1v) is 7.75. The molecule has 5 unspecified atom stereocenters. The van der Waals surface area contributed by atoms with E-state index in [9.17, 15) is 4.79 Å². The molecule has 102 valence electrons. The number of benzene rings is 1. The second-order valence-corrected chi connectivity index (χ2v) is 6.70. The van der Waals surface area contributed by atoms with E-state index in [-0.39, 0.29) is 0 Å². The number of fused-ring (bicyclic) bond motifs is 2. The van der Waals surface area contributed by atoms with Crippen LogP contribution in [-0.4, -0.2) is 5.78 Å². The molecule has 2 aliphatic rings. The summed E-state index contributed by atoms with van der Waals surface area (Å²) in [5.41, 5.74) is 0.882. The molecule has 1 nitrogen and oxygen atoms in total. The van der Waals surface area contributed by atoms with Crippen LogP contribution in [0.4, 0.5) is 0 Å². The summed E-state index contributed by atoms with van der Waals surface area (Å²) in [7, 11) is 0. The maximum absolute atomic E-state index is 12.2. The van der Waals surface area contributed by atoms with Crippen molar-refractivity contribution in [2.45, 2.75) is 39.5 Å². The molecule has 0 amide bonds. The summed E-state index contributed by atoms with van der Waals surface area (Å²) in [6.45, 7) is 4.83. The average Bonchev–Trinajstić information content (AvgIpc) is 2.98. The van der Waals surface area contributed by atoms with Gasteiger partial charge in [0.15, 0.2) is 5.78 Å². The first-order valence-electron chi connectivity index (χ1n) is 7.75. The van der Waals surface area contributed by atoms with Gasteiger partial charge in [-0.3, -0.25) is 4.79 Å². The zero-order valence-electron chi connectivity index (χ0n) is 12.0. The van der Waals surface area contributed by atoms with Crippen LogP contribution in [-0.2, 0) is 0 Å². The SMILES string of the molecule is CC1C2CC(CCC(=O)c3ccccc3)C(C2)C1C. The zero-order chi connectivity index (χ0) is 13.4. The Balaban J connectivity index is 1.56. The molecule has 0 heterocycles. The van der Waals surface area contributed by atoms with Gasteiger partial charge in [0.1, 0.15) is 0 Å². The first-order chi connectivity index (χ1) is 9.16. The van der Waals surface area contributed by atoms with Crippen molar-refractivity contribution in [3.8, 4) is 0 Å². The van der Waals surface area contributed by atoms with E-state index in [1.54, 1.807) is 0 Å². The van der Waals surface area contributed by atoms with Gasteiger partial charge in [-0.15, -0.1) is 0 Å². The summed E-state index contributed by atoms with van der Waals surface area (Å²) in [5.74, 6) is 4.75. The number of hydrogen-bond acceptors (Lipinski definition) is 1. The smallest absolute Gasteiger partial charge is 0.162 e. The molecule has 1 heteroatoms. The van der Waals surface area contributed by atoms with Crippen molar-refractivity contribution in [1.29, 1.82) is 0 Å². The lowest BCUT2D eigenvalue weighted by atomic mass is 9.74. The molecule has 2 saturated carbocycles. The Hall–Kier alpha value is -1.11. The highest BCUT2D eigenvalue weighted by Gasteiger charge is 2.48. The quantitative estimate of drug-likeness (QED) is 0.721. The molecule has 0 N–H and O–H groups in total. The van der Waals surface area contributed by atoms with E-state index in [4.69, 9.17) is 0 Å². The second-order valence-electron chi connectivity index (χ2n) is 6.70. The Morgan fingerprint density at radius 1 is 1.11 bits per heavy atom. The third-order valence-electron chi connectivity index (χ3n) is 5.87. The standard InChI is InChI=1S/C18H24O/c1-12-13(2)17-11-16(12)10-15(17)8-9-18(19)14-6-4-3-5-7-14/h3-7,12-13,15-17H,8-11H2,1-2H3. The van der Waals surface area contributed by atoms with E-state index in [1.165, 1.54) is 12.8 Å². The largest absolute Gasteiger partial charge is 0.294 e. The van der Waals surface area contributed by atoms with Gasteiger partial charge in [0.05, 0.1) is 0 Å². The maximum atomic E-state index is 12.2. The van der Waals surface area contributed by atoms with Gasteiger partial charge in [-0.1, -0.05) is 44.2 Å². The summed E-state index contributed by atoms with van der Waals surface area (Å²) < 4.78 is 0. The topological polar surface area (TPSA) is 17.1 Å². The third-order valence-corrected chi connectivity index (χ3v) is 5.87. The molecule has 3 rings (SSSR count). The van der Waals surface area contributed by atoms with Gasteiger partial charge in [-0.05, 0) is 48.9 Å². The minimum absolute atomic E-state index is 0.323. The minimum atomic E-state index is 0.323. The molecule has 0 aromatic heterocycles. The highest BCUT2D eigenvalue weighted by molar-refractivity contribution is 5.95. The predicted molar refractivity (Wildman–Crippen MR) is 78.0 cm³/mol. The molecule has 19 heavy (non-hydrogen) atoms. The Kier molecular flexibility index (Phi) is 3.47. The number of Topliss-reactive ketones (excluding diaryl/α,β-unsaturated/α-hetero) is 1. The van der Waals surface area contributed by atoms with E-state index >= 15 is 0 Å². The Morgan fingerprint density at radius 3 is 2.47 bits per heavy atom. The van der Waals surface area contributed by atoms with Gasteiger partial charge in [0.2, 0.25) is 0 Å². The van der Waals surface area contributed by atoms with Crippen LogP contribution in [0.3, 0.4) is 0 Å². The molecule has 2 aliphatic carbocycles. The van der Waals surface area contributed by atoms with E-state index in [1.807, 2.05) is 30.3 Å². The van der Waals surface area contributed by atoms with E-state index in [2.05, 4.69) is 13.8 Å². The average molecular weight is 256 g/mol. The molecular formula is C18H24O. The number of carbonyl (C=O) groups excluding carboxylic acids is 1. The van der Waals surface area contributed by atoms with Crippen LogP contribution in [0, 0.1) is 29.6 Å². The van der Waals surface area contributed by atoms with Crippen molar-refractivity contribution in [2.24, 2.45) is 29.6 Å². The van der Waals surface area contributed by atoms with Gasteiger partial charge in [-0.2, -0.15) is 0 Å². The fourth-order valence-electron chi connectivity index (χ4n) is 4.51. The number of carbonyl (C=O) groups is 1. The summed E-state index contributed by atoms with van der Waals surface area (Å²) in [5, 5.41) is 0. The van der Waals surface area contributed by atoms with Crippen molar-refractivity contribution in [1.82, 2.24) is 0 Å². The monoisotopic (exact) mass is 256 g/mol. The van der Waals surface area contributed by atoms with Crippen LogP contribution in [0.25, 0.3) is 0 Å². The number of hydrogen-bond donors (Lipinski definition) is 0. The molecule has 5 atom stereocenters. The lowest BCUT2D eigenvalue weighted by Gasteiger charge is -2.31. The zero-order valence-corrected chi connectivity index (χ0v) is 12.0. The fourth-order valence-corrected chi connectivity index (χ4v) is 4.51. The van der Waals surface area contributed by atoms with Gasteiger partial charge in [0.25, 0.3) is 0 Å². The maximum Gasteiger partial charge on any atom is 0.162 e. The fraction of sp³-hybridized carbons (Fsp3) is 0.611. The van der Waals surface area contributed by atoms with Crippen molar-refractivity contribution >= 4 is 5.78 Å².